The summed E-state index contributed by atoms with van der Waals surface area (Å²) in [4.78, 5) is 18.1. The predicted octanol–water partition coefficient (Wildman–Crippen LogP) is 2.54. The lowest BCUT2D eigenvalue weighted by Gasteiger charge is -2.21. The number of benzene rings is 1. The first kappa shape index (κ1) is 15.1. The van der Waals surface area contributed by atoms with Crippen LogP contribution in [0.4, 0.5) is 4.79 Å². The molecule has 1 N–H and O–H groups in total. The van der Waals surface area contributed by atoms with E-state index < -0.39 is 0 Å². The van der Waals surface area contributed by atoms with Crippen LogP contribution >= 0.6 is 0 Å². The topological polar surface area (TPSA) is 63.7 Å². The van der Waals surface area contributed by atoms with Gasteiger partial charge in [0.2, 0.25) is 6.79 Å². The molecule has 0 atom stereocenters. The molecular formula is C17H19N3O3. The van der Waals surface area contributed by atoms with E-state index in [0.29, 0.717) is 19.6 Å². The first-order valence-corrected chi connectivity index (χ1v) is 7.56. The fraction of sp³-hybridized carbons (Fsp3) is 0.294. The number of ether oxygens (including phenoxy) is 2. The molecule has 0 saturated heterocycles. The zero-order valence-corrected chi connectivity index (χ0v) is 13.0. The summed E-state index contributed by atoms with van der Waals surface area (Å²) in [7, 11) is 0. The van der Waals surface area contributed by atoms with Gasteiger partial charge >= 0.3 is 6.03 Å². The summed E-state index contributed by atoms with van der Waals surface area (Å²) in [5.74, 6) is 1.47. The number of nitrogens with one attached hydrogen (secondary N) is 1. The number of hydrogen-bond acceptors (Lipinski definition) is 4. The van der Waals surface area contributed by atoms with E-state index in [4.69, 9.17) is 9.47 Å². The number of hydrogen-bond donors (Lipinski definition) is 1. The number of fused-ring (bicyclic) bond motifs is 1. The average Bonchev–Trinajstić information content (AvgIpc) is 3.06. The van der Waals surface area contributed by atoms with Crippen molar-refractivity contribution in [3.05, 3.63) is 53.9 Å². The molecule has 1 aliphatic heterocycles. The molecule has 1 aromatic heterocycles. The van der Waals surface area contributed by atoms with E-state index in [1.165, 1.54) is 0 Å². The molecule has 120 valence electrons. The van der Waals surface area contributed by atoms with Gasteiger partial charge in [0.1, 0.15) is 0 Å². The Morgan fingerprint density at radius 3 is 2.74 bits per heavy atom. The van der Waals surface area contributed by atoms with Crippen molar-refractivity contribution in [1.82, 2.24) is 15.2 Å². The molecule has 2 aromatic rings. The van der Waals surface area contributed by atoms with E-state index in [1.54, 1.807) is 17.3 Å². The highest BCUT2D eigenvalue weighted by Gasteiger charge is 2.15. The number of nitrogens with zero attached hydrogens (tertiary/aromatic N) is 2. The molecule has 0 fully saturated rings. The van der Waals surface area contributed by atoms with Gasteiger partial charge in [0.05, 0.1) is 0 Å². The Balaban J connectivity index is 1.57. The number of pyridine rings is 1. The van der Waals surface area contributed by atoms with Gasteiger partial charge in [0.15, 0.2) is 11.5 Å². The molecule has 0 spiro atoms. The van der Waals surface area contributed by atoms with Crippen molar-refractivity contribution in [2.45, 2.75) is 20.0 Å². The van der Waals surface area contributed by atoms with Crippen molar-refractivity contribution in [1.29, 1.82) is 0 Å². The van der Waals surface area contributed by atoms with Gasteiger partial charge < -0.3 is 19.7 Å². The van der Waals surface area contributed by atoms with E-state index in [9.17, 15) is 4.79 Å². The minimum absolute atomic E-state index is 0.0954. The maximum absolute atomic E-state index is 12.3. The Morgan fingerprint density at radius 2 is 1.96 bits per heavy atom. The fourth-order valence-electron chi connectivity index (χ4n) is 2.38. The average molecular weight is 313 g/mol. The van der Waals surface area contributed by atoms with Gasteiger partial charge in [0, 0.05) is 32.0 Å². The first-order valence-electron chi connectivity index (χ1n) is 7.56. The Hall–Kier alpha value is -2.76. The monoisotopic (exact) mass is 313 g/mol. The summed E-state index contributed by atoms with van der Waals surface area (Å²) in [5.41, 5.74) is 2.03. The van der Waals surface area contributed by atoms with Gasteiger partial charge in [-0.25, -0.2) is 4.79 Å². The van der Waals surface area contributed by atoms with Crippen LogP contribution in [0.3, 0.4) is 0 Å². The van der Waals surface area contributed by atoms with Crippen molar-refractivity contribution in [2.75, 3.05) is 13.3 Å². The molecule has 23 heavy (non-hydrogen) atoms. The molecule has 0 radical (unpaired) electrons. The summed E-state index contributed by atoms with van der Waals surface area (Å²) in [5, 5.41) is 2.94. The SMILES string of the molecule is CCN(Cc1ccncc1)C(=O)NCc1ccc2c(c1)OCO2. The van der Waals surface area contributed by atoms with E-state index in [0.717, 1.165) is 22.6 Å². The molecule has 2 heterocycles. The number of carbonyl (C=O) groups is 1. The summed E-state index contributed by atoms with van der Waals surface area (Å²) in [6, 6.07) is 9.40. The highest BCUT2D eigenvalue weighted by Crippen LogP contribution is 2.32. The van der Waals surface area contributed by atoms with Crippen LogP contribution < -0.4 is 14.8 Å². The third-order valence-corrected chi connectivity index (χ3v) is 3.67. The fourth-order valence-corrected chi connectivity index (χ4v) is 2.38. The summed E-state index contributed by atoms with van der Waals surface area (Å²) in [6.07, 6.45) is 3.46. The normalized spacial score (nSPS) is 12.0. The van der Waals surface area contributed by atoms with Gasteiger partial charge in [-0.1, -0.05) is 6.07 Å². The van der Waals surface area contributed by atoms with Crippen molar-refractivity contribution < 1.29 is 14.3 Å². The minimum Gasteiger partial charge on any atom is -0.454 e. The van der Waals surface area contributed by atoms with Crippen molar-refractivity contribution >= 4 is 6.03 Å². The molecule has 2 amide bonds. The van der Waals surface area contributed by atoms with Crippen molar-refractivity contribution in [3.8, 4) is 11.5 Å². The van der Waals surface area contributed by atoms with E-state index in [-0.39, 0.29) is 12.8 Å². The first-order chi connectivity index (χ1) is 11.3. The van der Waals surface area contributed by atoms with Crippen LogP contribution in [0, 0.1) is 0 Å². The van der Waals surface area contributed by atoms with Crippen molar-refractivity contribution in [2.24, 2.45) is 0 Å². The second kappa shape index (κ2) is 7.00. The molecule has 1 aromatic carbocycles. The third-order valence-electron chi connectivity index (χ3n) is 3.67. The second-order valence-corrected chi connectivity index (χ2v) is 5.22. The minimum atomic E-state index is -0.0954. The Bertz CT molecular complexity index is 676. The summed E-state index contributed by atoms with van der Waals surface area (Å²) in [6.45, 7) is 3.85. The van der Waals surface area contributed by atoms with Crippen LogP contribution in [0.1, 0.15) is 18.1 Å². The second-order valence-electron chi connectivity index (χ2n) is 5.22. The van der Waals surface area contributed by atoms with Crippen LogP contribution in [-0.4, -0.2) is 29.3 Å². The van der Waals surface area contributed by atoms with Crippen molar-refractivity contribution in [3.63, 3.8) is 0 Å². The number of aromatic nitrogens is 1. The smallest absolute Gasteiger partial charge is 0.317 e. The van der Waals surface area contributed by atoms with Crippen LogP contribution in [0.5, 0.6) is 11.5 Å². The Labute approximate surface area is 135 Å². The molecular weight excluding hydrogens is 294 g/mol. The van der Waals surface area contributed by atoms with Crippen LogP contribution in [-0.2, 0) is 13.1 Å². The van der Waals surface area contributed by atoms with Crippen LogP contribution in [0.2, 0.25) is 0 Å². The molecule has 3 rings (SSSR count). The molecule has 6 nitrogen and oxygen atoms in total. The number of urea groups is 1. The van der Waals surface area contributed by atoms with Crippen LogP contribution in [0.25, 0.3) is 0 Å². The molecule has 0 unspecified atom stereocenters. The van der Waals surface area contributed by atoms with Gasteiger partial charge in [-0.15, -0.1) is 0 Å². The molecule has 0 aliphatic carbocycles. The highest BCUT2D eigenvalue weighted by atomic mass is 16.7. The third kappa shape index (κ3) is 3.71. The van der Waals surface area contributed by atoms with Gasteiger partial charge in [0.25, 0.3) is 0 Å². The lowest BCUT2D eigenvalue weighted by Crippen LogP contribution is -2.39. The van der Waals surface area contributed by atoms with Gasteiger partial charge in [-0.3, -0.25) is 4.98 Å². The lowest BCUT2D eigenvalue weighted by atomic mass is 10.2. The largest absolute Gasteiger partial charge is 0.454 e. The predicted molar refractivity (Wildman–Crippen MR) is 85.1 cm³/mol. The van der Waals surface area contributed by atoms with E-state index in [2.05, 4.69) is 10.3 Å². The number of rotatable bonds is 5. The van der Waals surface area contributed by atoms with Gasteiger partial charge in [-0.05, 0) is 42.3 Å². The maximum Gasteiger partial charge on any atom is 0.317 e. The summed E-state index contributed by atoms with van der Waals surface area (Å²) >= 11 is 0. The molecule has 1 aliphatic rings. The quantitative estimate of drug-likeness (QED) is 0.921. The number of amides is 2. The standard InChI is InChI=1S/C17H19N3O3/c1-2-20(11-13-5-7-18-8-6-13)17(21)19-10-14-3-4-15-16(9-14)23-12-22-15/h3-9H,2,10-12H2,1H3,(H,19,21). The number of carbonyl (C=O) groups excluding carboxylic acids is 1. The Kier molecular flexibility index (Phi) is 4.61. The summed E-state index contributed by atoms with van der Waals surface area (Å²) < 4.78 is 10.6. The maximum atomic E-state index is 12.3. The molecule has 0 bridgehead atoms. The van der Waals surface area contributed by atoms with Gasteiger partial charge in [-0.2, -0.15) is 0 Å². The molecule has 6 heteroatoms. The highest BCUT2D eigenvalue weighted by molar-refractivity contribution is 5.74. The lowest BCUT2D eigenvalue weighted by molar-refractivity contribution is 0.174. The molecule has 0 saturated carbocycles. The van der Waals surface area contributed by atoms with E-state index >= 15 is 0 Å². The van der Waals surface area contributed by atoms with E-state index in [1.807, 2.05) is 37.3 Å². The Morgan fingerprint density at radius 1 is 1.17 bits per heavy atom. The zero-order valence-electron chi connectivity index (χ0n) is 13.0. The van der Waals surface area contributed by atoms with Crippen LogP contribution in [0.15, 0.2) is 42.7 Å². The zero-order chi connectivity index (χ0) is 16.1.